The highest BCUT2D eigenvalue weighted by molar-refractivity contribution is 5.81. The van der Waals surface area contributed by atoms with Crippen LogP contribution < -0.4 is 0 Å². The van der Waals surface area contributed by atoms with Gasteiger partial charge in [-0.3, -0.25) is 0 Å². The summed E-state index contributed by atoms with van der Waals surface area (Å²) < 4.78 is 68.2. The molecule has 0 bridgehead atoms. The van der Waals surface area contributed by atoms with Crippen LogP contribution in [0.5, 0.6) is 0 Å². The third-order valence-corrected chi connectivity index (χ3v) is 4.81. The molecule has 254 valence electrons. The summed E-state index contributed by atoms with van der Waals surface area (Å²) in [6, 6.07) is 0. The van der Waals surface area contributed by atoms with Crippen LogP contribution in [0.2, 0.25) is 0 Å². The first kappa shape index (κ1) is 41.2. The van der Waals surface area contributed by atoms with Crippen molar-refractivity contribution in [3.8, 4) is 0 Å². The summed E-state index contributed by atoms with van der Waals surface area (Å²) in [7, 11) is 1.31. The van der Waals surface area contributed by atoms with Gasteiger partial charge in [0, 0.05) is 6.08 Å². The van der Waals surface area contributed by atoms with Crippen molar-refractivity contribution in [1.29, 1.82) is 0 Å². The fourth-order valence-electron chi connectivity index (χ4n) is 2.67. The van der Waals surface area contributed by atoms with Gasteiger partial charge < -0.3 is 61.6 Å². The monoisotopic (exact) mass is 628 g/mol. The van der Waals surface area contributed by atoms with E-state index < -0.39 is 11.9 Å². The molecule has 15 heteroatoms. The van der Waals surface area contributed by atoms with Gasteiger partial charge in [-0.25, -0.2) is 9.59 Å². The first-order valence-electron chi connectivity index (χ1n) is 14.4. The Morgan fingerprint density at radius 3 is 0.884 bits per heavy atom. The molecule has 0 radical (unpaired) electrons. The molecule has 0 unspecified atom stereocenters. The molecule has 0 aliphatic carbocycles. The highest BCUT2D eigenvalue weighted by Gasteiger charge is 1.99. The molecule has 0 aromatic heterocycles. The van der Waals surface area contributed by atoms with Crippen LogP contribution in [0.4, 0.5) is 0 Å². The molecule has 43 heavy (non-hydrogen) atoms. The van der Waals surface area contributed by atoms with E-state index in [2.05, 4.69) is 11.3 Å². The van der Waals surface area contributed by atoms with Crippen molar-refractivity contribution in [2.75, 3.05) is 159 Å². The average molecular weight is 629 g/mol. The van der Waals surface area contributed by atoms with Crippen LogP contribution in [-0.2, 0) is 71.2 Å². The molecule has 0 amide bonds. The second kappa shape index (κ2) is 36.4. The Labute approximate surface area is 255 Å². The zero-order valence-corrected chi connectivity index (χ0v) is 25.7. The number of ether oxygens (including phenoxy) is 13. The van der Waals surface area contributed by atoms with Crippen LogP contribution in [0.1, 0.15) is 0 Å². The second-order valence-electron chi connectivity index (χ2n) is 8.12. The Hall–Kier alpha value is -1.76. The lowest BCUT2D eigenvalue weighted by Crippen LogP contribution is -2.16. The second-order valence-corrected chi connectivity index (χ2v) is 8.12. The van der Waals surface area contributed by atoms with E-state index in [9.17, 15) is 9.59 Å². The van der Waals surface area contributed by atoms with Crippen LogP contribution in [0.3, 0.4) is 0 Å². The van der Waals surface area contributed by atoms with Crippen molar-refractivity contribution < 1.29 is 71.2 Å². The number of hydrogen-bond donors (Lipinski definition) is 0. The number of rotatable bonds is 36. The SMILES string of the molecule is C=CC(=O)OCCOCCOCCOCCOCCOCCOCCOCCOCCOCCOCCOCC(=O)OC. The molecule has 0 rings (SSSR count). The van der Waals surface area contributed by atoms with Gasteiger partial charge in [0.15, 0.2) is 0 Å². The lowest BCUT2D eigenvalue weighted by molar-refractivity contribution is -0.146. The molecule has 0 aliphatic heterocycles. The van der Waals surface area contributed by atoms with Gasteiger partial charge in [-0.15, -0.1) is 0 Å². The molecular formula is C28H52O15. The zero-order chi connectivity index (χ0) is 31.3. The fourth-order valence-corrected chi connectivity index (χ4v) is 2.67. The predicted octanol–water partition coefficient (Wildman–Crippen LogP) is 0.0712. The fraction of sp³-hybridized carbons (Fsp3) is 0.857. The lowest BCUT2D eigenvalue weighted by atomic mass is 10.6. The Morgan fingerprint density at radius 2 is 0.651 bits per heavy atom. The number of methoxy groups -OCH3 is 1. The van der Waals surface area contributed by atoms with Gasteiger partial charge in [-0.1, -0.05) is 6.58 Å². The maximum Gasteiger partial charge on any atom is 0.331 e. The van der Waals surface area contributed by atoms with Crippen molar-refractivity contribution in [3.63, 3.8) is 0 Å². The van der Waals surface area contributed by atoms with E-state index >= 15 is 0 Å². The van der Waals surface area contributed by atoms with E-state index in [0.717, 1.165) is 6.08 Å². The summed E-state index contributed by atoms with van der Waals surface area (Å²) in [4.78, 5) is 21.7. The van der Waals surface area contributed by atoms with E-state index in [1.165, 1.54) is 7.11 Å². The highest BCUT2D eigenvalue weighted by atomic mass is 16.6. The van der Waals surface area contributed by atoms with E-state index in [0.29, 0.717) is 139 Å². The molecule has 0 aromatic carbocycles. The molecule has 0 aromatic rings. The molecular weight excluding hydrogens is 576 g/mol. The summed E-state index contributed by atoms with van der Waals surface area (Å²) in [5.41, 5.74) is 0. The Bertz CT molecular complexity index is 609. The molecule has 15 nitrogen and oxygen atoms in total. The normalized spacial score (nSPS) is 11.1. The summed E-state index contributed by atoms with van der Waals surface area (Å²) in [5, 5.41) is 0. The minimum Gasteiger partial charge on any atom is -0.467 e. The predicted molar refractivity (Wildman–Crippen MR) is 152 cm³/mol. The van der Waals surface area contributed by atoms with Gasteiger partial charge in [0.25, 0.3) is 0 Å². The van der Waals surface area contributed by atoms with E-state index in [1.54, 1.807) is 0 Å². The van der Waals surface area contributed by atoms with Crippen molar-refractivity contribution in [2.24, 2.45) is 0 Å². The van der Waals surface area contributed by atoms with Crippen LogP contribution in [0.25, 0.3) is 0 Å². The van der Waals surface area contributed by atoms with Gasteiger partial charge in [-0.05, 0) is 0 Å². The number of hydrogen-bond acceptors (Lipinski definition) is 15. The Morgan fingerprint density at radius 1 is 0.419 bits per heavy atom. The minimum atomic E-state index is -0.463. The van der Waals surface area contributed by atoms with E-state index in [-0.39, 0.29) is 13.2 Å². The standard InChI is InChI=1S/C28H52O15/c1-3-27(29)43-25-24-41-21-20-39-17-16-37-13-12-35-9-8-33-5-4-32-6-7-34-10-11-36-14-15-38-18-19-40-22-23-42-26-28(30)31-2/h3H,1,4-26H2,2H3. The van der Waals surface area contributed by atoms with Gasteiger partial charge in [0.2, 0.25) is 0 Å². The summed E-state index contributed by atoms with van der Waals surface area (Å²) in [6.45, 7) is 12.9. The van der Waals surface area contributed by atoms with Crippen LogP contribution in [0, 0.1) is 0 Å². The zero-order valence-electron chi connectivity index (χ0n) is 25.7. The van der Waals surface area contributed by atoms with Gasteiger partial charge in [0.05, 0.1) is 146 Å². The topological polar surface area (TPSA) is 154 Å². The Balaban J connectivity index is 3.06. The first-order chi connectivity index (χ1) is 21.2. The largest absolute Gasteiger partial charge is 0.467 e. The molecule has 0 saturated heterocycles. The number of carbonyl (C=O) groups is 2. The van der Waals surface area contributed by atoms with Gasteiger partial charge >= 0.3 is 11.9 Å². The van der Waals surface area contributed by atoms with Crippen molar-refractivity contribution in [2.45, 2.75) is 0 Å². The number of carbonyl (C=O) groups excluding carboxylic acids is 2. The average Bonchev–Trinajstić information content (AvgIpc) is 3.02. The smallest absolute Gasteiger partial charge is 0.331 e. The molecule has 0 saturated carbocycles. The summed E-state index contributed by atoms with van der Waals surface area (Å²) in [5.74, 6) is -0.875. The number of esters is 2. The maximum absolute atomic E-state index is 10.8. The highest BCUT2D eigenvalue weighted by Crippen LogP contribution is 1.88. The summed E-state index contributed by atoms with van der Waals surface area (Å²) in [6.07, 6.45) is 1.11. The molecule has 0 aliphatic rings. The lowest BCUT2D eigenvalue weighted by Gasteiger charge is -2.09. The molecule has 0 N–H and O–H groups in total. The van der Waals surface area contributed by atoms with E-state index in [4.69, 9.17) is 56.8 Å². The summed E-state index contributed by atoms with van der Waals surface area (Å²) >= 11 is 0. The Kier molecular flexibility index (Phi) is 34.9. The third kappa shape index (κ3) is 36.3. The van der Waals surface area contributed by atoms with E-state index in [1.807, 2.05) is 0 Å². The van der Waals surface area contributed by atoms with Crippen molar-refractivity contribution in [1.82, 2.24) is 0 Å². The molecule has 0 heterocycles. The minimum absolute atomic E-state index is 0.0744. The van der Waals surface area contributed by atoms with Crippen LogP contribution in [0.15, 0.2) is 12.7 Å². The quantitative estimate of drug-likeness (QED) is 0.0522. The molecule has 0 spiro atoms. The van der Waals surface area contributed by atoms with Crippen LogP contribution >= 0.6 is 0 Å². The third-order valence-electron chi connectivity index (χ3n) is 4.81. The van der Waals surface area contributed by atoms with Gasteiger partial charge in [0.1, 0.15) is 13.2 Å². The first-order valence-corrected chi connectivity index (χ1v) is 14.4. The molecule has 0 fully saturated rings. The molecule has 0 atom stereocenters. The van der Waals surface area contributed by atoms with Crippen molar-refractivity contribution in [3.05, 3.63) is 12.7 Å². The van der Waals surface area contributed by atoms with Crippen molar-refractivity contribution >= 4 is 11.9 Å². The maximum atomic E-state index is 10.8. The van der Waals surface area contributed by atoms with Crippen LogP contribution in [-0.4, -0.2) is 171 Å². The van der Waals surface area contributed by atoms with Gasteiger partial charge in [-0.2, -0.15) is 0 Å².